The zero-order chi connectivity index (χ0) is 29.0. The molecule has 2 fully saturated rings. The van der Waals surface area contributed by atoms with Gasteiger partial charge in [0.05, 0.1) is 41.0 Å². The molecule has 0 unspecified atom stereocenters. The molecule has 1 aromatic carbocycles. The van der Waals surface area contributed by atoms with Gasteiger partial charge in [-0.25, -0.2) is 33.1 Å². The van der Waals surface area contributed by atoms with E-state index in [1.165, 1.54) is 13.1 Å². The Morgan fingerprint density at radius 2 is 1.95 bits per heavy atom. The van der Waals surface area contributed by atoms with Crippen molar-refractivity contribution in [1.29, 1.82) is 0 Å². The Hall–Kier alpha value is -4.39. The summed E-state index contributed by atoms with van der Waals surface area (Å²) in [5.74, 6) is -0.631. The minimum atomic E-state index is -2.97. The summed E-state index contributed by atoms with van der Waals surface area (Å²) in [6.07, 6.45) is 3.76. The Morgan fingerprint density at radius 3 is 2.63 bits per heavy atom. The molecule has 4 aromatic rings. The number of fused-ring (bicyclic) bond motifs is 1. The summed E-state index contributed by atoms with van der Waals surface area (Å²) >= 11 is 5.80. The summed E-state index contributed by atoms with van der Waals surface area (Å²) in [4.78, 5) is 44.0. The second-order valence-corrected chi connectivity index (χ2v) is 10.4. The molecule has 10 nitrogen and oxygen atoms in total. The summed E-state index contributed by atoms with van der Waals surface area (Å²) in [7, 11) is 0. The lowest BCUT2D eigenvalue weighted by Crippen LogP contribution is -2.30. The Bertz CT molecular complexity index is 1710. The topological polar surface area (TPSA) is 119 Å². The van der Waals surface area contributed by atoms with E-state index in [1.807, 2.05) is 6.92 Å². The molecular formula is C27H22ClF3N8O2. The van der Waals surface area contributed by atoms with Crippen molar-refractivity contribution in [2.75, 3.05) is 16.8 Å². The van der Waals surface area contributed by atoms with Gasteiger partial charge in [0.2, 0.25) is 11.9 Å². The number of piperidine rings is 1. The quantitative estimate of drug-likeness (QED) is 0.334. The maximum absolute atomic E-state index is 14.6. The standard InChI is InChI=1S/C27H22ClF3N8O2/c1-12-15(6-33-27(36-12)39-10-14-5-18(14)26(39)41)9-38-11-16(7-34-38)37-25(40)23-13(2)35-20(8-32-23)21-17(24(30)31)3-4-19(28)22(21)29/h3-4,6-8,11,14,18,24H,5,9-10H2,1-2H3,(H,37,40)/t14-,18-/m1/s1. The molecule has 210 valence electrons. The monoisotopic (exact) mass is 582 g/mol. The number of benzene rings is 1. The van der Waals surface area contributed by atoms with Gasteiger partial charge in [-0.3, -0.25) is 19.2 Å². The van der Waals surface area contributed by atoms with Gasteiger partial charge in [0.1, 0.15) is 5.69 Å². The second kappa shape index (κ2) is 10.2. The molecule has 6 rings (SSSR count). The third-order valence-corrected chi connectivity index (χ3v) is 7.53. The van der Waals surface area contributed by atoms with Crippen molar-refractivity contribution in [3.63, 3.8) is 0 Å². The summed E-state index contributed by atoms with van der Waals surface area (Å²) in [6, 6.07) is 2.07. The van der Waals surface area contributed by atoms with Crippen LogP contribution in [0.15, 0.2) is 36.9 Å². The number of aromatic nitrogens is 6. The number of rotatable bonds is 7. The predicted octanol–water partition coefficient (Wildman–Crippen LogP) is 4.76. The second-order valence-electron chi connectivity index (χ2n) is 10.0. The molecule has 4 heterocycles. The van der Waals surface area contributed by atoms with Gasteiger partial charge in [-0.05, 0) is 32.3 Å². The van der Waals surface area contributed by atoms with Gasteiger partial charge in [-0.1, -0.05) is 17.7 Å². The molecule has 2 atom stereocenters. The fourth-order valence-corrected chi connectivity index (χ4v) is 5.09. The van der Waals surface area contributed by atoms with E-state index in [2.05, 4.69) is 30.4 Å². The molecule has 2 aliphatic rings. The highest BCUT2D eigenvalue weighted by Gasteiger charge is 2.53. The van der Waals surface area contributed by atoms with Gasteiger partial charge >= 0.3 is 0 Å². The number of alkyl halides is 2. The first kappa shape index (κ1) is 26.8. The maximum Gasteiger partial charge on any atom is 0.276 e. The highest BCUT2D eigenvalue weighted by molar-refractivity contribution is 6.31. The third kappa shape index (κ3) is 5.01. The highest BCUT2D eigenvalue weighted by atomic mass is 35.5. The van der Waals surface area contributed by atoms with Crippen LogP contribution in [0.3, 0.4) is 0 Å². The number of carbonyl (C=O) groups excluding carboxylic acids is 2. The van der Waals surface area contributed by atoms with E-state index < -0.39 is 29.3 Å². The fraction of sp³-hybridized carbons (Fsp3) is 0.296. The van der Waals surface area contributed by atoms with Gasteiger partial charge in [-0.2, -0.15) is 5.10 Å². The van der Waals surface area contributed by atoms with Crippen LogP contribution in [0.5, 0.6) is 0 Å². The summed E-state index contributed by atoms with van der Waals surface area (Å²) < 4.78 is 43.2. The number of hydrogen-bond donors (Lipinski definition) is 1. The molecule has 41 heavy (non-hydrogen) atoms. The Labute approximate surface area is 236 Å². The van der Waals surface area contributed by atoms with Crippen LogP contribution in [-0.2, 0) is 11.3 Å². The normalized spacial score (nSPS) is 17.7. The lowest BCUT2D eigenvalue weighted by Gasteiger charge is -2.17. The third-order valence-electron chi connectivity index (χ3n) is 7.24. The smallest absolute Gasteiger partial charge is 0.276 e. The summed E-state index contributed by atoms with van der Waals surface area (Å²) in [5, 5.41) is 6.61. The number of aryl methyl sites for hydroxylation is 2. The molecule has 0 spiro atoms. The van der Waals surface area contributed by atoms with Crippen LogP contribution in [0.4, 0.5) is 24.8 Å². The number of nitrogens with zero attached hydrogens (tertiary/aromatic N) is 7. The van der Waals surface area contributed by atoms with Crippen LogP contribution in [-0.4, -0.2) is 48.1 Å². The van der Waals surface area contributed by atoms with Crippen molar-refractivity contribution in [2.45, 2.75) is 33.2 Å². The molecule has 0 bridgehead atoms. The number of carbonyl (C=O) groups is 2. The predicted molar refractivity (Wildman–Crippen MR) is 142 cm³/mol. The van der Waals surface area contributed by atoms with Crippen LogP contribution in [0.2, 0.25) is 5.02 Å². The number of halogens is 4. The van der Waals surface area contributed by atoms with Crippen molar-refractivity contribution < 1.29 is 22.8 Å². The van der Waals surface area contributed by atoms with E-state index in [0.29, 0.717) is 36.3 Å². The molecule has 1 N–H and O–H groups in total. The highest BCUT2D eigenvalue weighted by Crippen LogP contribution is 2.46. The first-order valence-corrected chi connectivity index (χ1v) is 13.1. The SMILES string of the molecule is Cc1nc(N2C[C@H]3C[C@H]3C2=O)ncc1Cn1cc(NC(=O)c2ncc(-c3c(C(F)F)ccc(Cl)c3F)nc2C)cn1. The Kier molecular flexibility index (Phi) is 6.68. The molecule has 2 amide bonds. The van der Waals surface area contributed by atoms with E-state index in [4.69, 9.17) is 11.6 Å². The first-order chi connectivity index (χ1) is 19.6. The van der Waals surface area contributed by atoms with Crippen molar-refractivity contribution in [2.24, 2.45) is 11.8 Å². The number of nitrogens with one attached hydrogen (secondary N) is 1. The van der Waals surface area contributed by atoms with E-state index in [0.717, 1.165) is 30.3 Å². The molecule has 14 heteroatoms. The van der Waals surface area contributed by atoms with E-state index >= 15 is 0 Å². The van der Waals surface area contributed by atoms with Gasteiger partial charge in [-0.15, -0.1) is 0 Å². The molecule has 1 aliphatic carbocycles. The van der Waals surface area contributed by atoms with Gasteiger partial charge in [0.25, 0.3) is 12.3 Å². The molecular weight excluding hydrogens is 561 g/mol. The number of anilines is 2. The number of amides is 2. The first-order valence-electron chi connectivity index (χ1n) is 12.7. The average molecular weight is 583 g/mol. The van der Waals surface area contributed by atoms with Gasteiger partial charge in [0, 0.05) is 47.2 Å². The van der Waals surface area contributed by atoms with Crippen LogP contribution in [0, 0.1) is 31.5 Å². The van der Waals surface area contributed by atoms with E-state index in [1.54, 1.807) is 22.0 Å². The Morgan fingerprint density at radius 1 is 1.15 bits per heavy atom. The van der Waals surface area contributed by atoms with E-state index in [-0.39, 0.29) is 33.9 Å². The fourth-order valence-electron chi connectivity index (χ4n) is 4.93. The van der Waals surface area contributed by atoms with Crippen molar-refractivity contribution in [1.82, 2.24) is 29.7 Å². The summed E-state index contributed by atoms with van der Waals surface area (Å²) in [6.45, 7) is 4.28. The largest absolute Gasteiger partial charge is 0.318 e. The summed E-state index contributed by atoms with van der Waals surface area (Å²) in [5.41, 5.74) is 0.690. The van der Waals surface area contributed by atoms with E-state index in [9.17, 15) is 22.8 Å². The molecule has 1 saturated heterocycles. The lowest BCUT2D eigenvalue weighted by molar-refractivity contribution is -0.118. The van der Waals surface area contributed by atoms with Gasteiger partial charge in [0.15, 0.2) is 5.82 Å². The molecule has 0 radical (unpaired) electrons. The minimum Gasteiger partial charge on any atom is -0.318 e. The molecule has 1 saturated carbocycles. The van der Waals surface area contributed by atoms with Crippen molar-refractivity contribution in [3.05, 3.63) is 76.0 Å². The van der Waals surface area contributed by atoms with Gasteiger partial charge < -0.3 is 5.32 Å². The zero-order valence-corrected chi connectivity index (χ0v) is 22.5. The van der Waals surface area contributed by atoms with Crippen LogP contribution in [0.25, 0.3) is 11.3 Å². The Balaban J connectivity index is 1.15. The van der Waals surface area contributed by atoms with Crippen LogP contribution in [0.1, 0.15) is 45.8 Å². The van der Waals surface area contributed by atoms with Crippen molar-refractivity contribution >= 4 is 35.1 Å². The zero-order valence-electron chi connectivity index (χ0n) is 21.8. The molecule has 1 aliphatic heterocycles. The van der Waals surface area contributed by atoms with Crippen molar-refractivity contribution in [3.8, 4) is 11.3 Å². The van der Waals surface area contributed by atoms with Crippen LogP contribution < -0.4 is 10.2 Å². The van der Waals surface area contributed by atoms with Crippen LogP contribution >= 0.6 is 11.6 Å². The lowest BCUT2D eigenvalue weighted by atomic mass is 10.0. The maximum atomic E-state index is 14.6. The minimum absolute atomic E-state index is 0.0727. The number of hydrogen-bond acceptors (Lipinski definition) is 7. The molecule has 3 aromatic heterocycles. The average Bonchev–Trinajstić information content (AvgIpc) is 3.46.